The first kappa shape index (κ1) is 19.9. The topological polar surface area (TPSA) is 62.6 Å². The lowest BCUT2D eigenvalue weighted by molar-refractivity contribution is -0.106. The maximum atomic E-state index is 10.9. The molecule has 3 unspecified atom stereocenters. The van der Waals surface area contributed by atoms with Gasteiger partial charge in [-0.2, -0.15) is 0 Å². The molecule has 4 rings (SSSR count). The Bertz CT molecular complexity index is 932. The first-order valence-corrected chi connectivity index (χ1v) is 10.5. The van der Waals surface area contributed by atoms with Crippen LogP contribution in [0.4, 0.5) is 0 Å². The number of aryl methyl sites for hydroxylation is 1. The molecule has 0 amide bonds. The van der Waals surface area contributed by atoms with Crippen molar-refractivity contribution >= 4 is 0 Å². The SMILES string of the molecule is CC#CC1(O)CC2CCc3cc(OCc4cccnc4)ccc3C2(CC)C[C@@H]1O. The molecular formula is C25H29NO3. The number of hydrogen-bond acceptors (Lipinski definition) is 4. The number of nitrogens with zero attached hydrogens (tertiary/aromatic N) is 1. The summed E-state index contributed by atoms with van der Waals surface area (Å²) in [6, 6.07) is 10.3. The minimum absolute atomic E-state index is 0.115. The molecule has 2 aromatic rings. The van der Waals surface area contributed by atoms with E-state index in [4.69, 9.17) is 4.74 Å². The zero-order chi connectivity index (χ0) is 20.5. The minimum Gasteiger partial charge on any atom is -0.489 e. The van der Waals surface area contributed by atoms with Crippen molar-refractivity contribution in [3.05, 3.63) is 59.4 Å². The van der Waals surface area contributed by atoms with E-state index in [-0.39, 0.29) is 5.41 Å². The zero-order valence-electron chi connectivity index (χ0n) is 17.2. The summed E-state index contributed by atoms with van der Waals surface area (Å²) >= 11 is 0. The first-order chi connectivity index (χ1) is 14.0. The standard InChI is InChI=1S/C25H29NO3/c1-3-11-25(28)14-20-8-7-19-13-21(29-17-18-6-5-12-26-16-18)9-10-22(19)24(20,4-2)15-23(25)27/h5-6,9-10,12-13,16,20,23,27-28H,4,7-8,14-15,17H2,1-2H3/t20?,23-,24?,25?/m0/s1. The summed E-state index contributed by atoms with van der Waals surface area (Å²) in [5.41, 5.74) is 2.24. The summed E-state index contributed by atoms with van der Waals surface area (Å²) in [5.74, 6) is 6.87. The molecule has 1 saturated carbocycles. The molecule has 4 atom stereocenters. The van der Waals surface area contributed by atoms with Crippen molar-refractivity contribution in [3.8, 4) is 17.6 Å². The number of ether oxygens (including phenoxy) is 1. The van der Waals surface area contributed by atoms with Crippen LogP contribution in [0, 0.1) is 17.8 Å². The molecule has 0 spiro atoms. The molecule has 1 aromatic carbocycles. The molecule has 0 aliphatic heterocycles. The van der Waals surface area contributed by atoms with Crippen LogP contribution in [0.5, 0.6) is 5.75 Å². The van der Waals surface area contributed by atoms with Gasteiger partial charge in [0.05, 0.1) is 6.10 Å². The van der Waals surface area contributed by atoms with Crippen molar-refractivity contribution in [1.29, 1.82) is 0 Å². The molecule has 0 saturated heterocycles. The fraction of sp³-hybridized carbons (Fsp3) is 0.480. The van der Waals surface area contributed by atoms with Crippen LogP contribution in [-0.4, -0.2) is 26.9 Å². The van der Waals surface area contributed by atoms with Crippen LogP contribution in [0.25, 0.3) is 0 Å². The Morgan fingerprint density at radius 2 is 2.14 bits per heavy atom. The van der Waals surface area contributed by atoms with E-state index in [9.17, 15) is 10.2 Å². The van der Waals surface area contributed by atoms with Crippen LogP contribution in [0.2, 0.25) is 0 Å². The molecule has 0 bridgehead atoms. The maximum Gasteiger partial charge on any atom is 0.151 e. The summed E-state index contributed by atoms with van der Waals surface area (Å²) < 4.78 is 6.00. The summed E-state index contributed by atoms with van der Waals surface area (Å²) in [7, 11) is 0. The van der Waals surface area contributed by atoms with E-state index in [1.165, 1.54) is 11.1 Å². The van der Waals surface area contributed by atoms with Crippen molar-refractivity contribution in [2.75, 3.05) is 0 Å². The van der Waals surface area contributed by atoms with Crippen LogP contribution in [0.15, 0.2) is 42.7 Å². The monoisotopic (exact) mass is 391 g/mol. The number of aliphatic hydroxyl groups is 2. The predicted octanol–water partition coefficient (Wildman–Crippen LogP) is 3.78. The third-order valence-electron chi connectivity index (χ3n) is 6.92. The number of pyridine rings is 1. The van der Waals surface area contributed by atoms with Gasteiger partial charge < -0.3 is 14.9 Å². The molecule has 2 aliphatic rings. The molecule has 1 fully saturated rings. The third kappa shape index (κ3) is 3.54. The highest BCUT2D eigenvalue weighted by molar-refractivity contribution is 5.44. The van der Waals surface area contributed by atoms with Crippen molar-refractivity contribution in [2.24, 2.45) is 5.92 Å². The van der Waals surface area contributed by atoms with Gasteiger partial charge >= 0.3 is 0 Å². The lowest BCUT2D eigenvalue weighted by Crippen LogP contribution is -2.57. The number of rotatable bonds is 4. The van der Waals surface area contributed by atoms with Gasteiger partial charge in [0.25, 0.3) is 0 Å². The number of fused-ring (bicyclic) bond motifs is 3. The van der Waals surface area contributed by atoms with E-state index in [2.05, 4.69) is 35.9 Å². The molecule has 2 N–H and O–H groups in total. The van der Waals surface area contributed by atoms with E-state index in [1.54, 1.807) is 13.1 Å². The van der Waals surface area contributed by atoms with Gasteiger partial charge in [-0.3, -0.25) is 4.98 Å². The maximum absolute atomic E-state index is 10.9. The Balaban J connectivity index is 1.60. The largest absolute Gasteiger partial charge is 0.489 e. The lowest BCUT2D eigenvalue weighted by atomic mass is 9.52. The van der Waals surface area contributed by atoms with Crippen LogP contribution in [0.3, 0.4) is 0 Å². The van der Waals surface area contributed by atoms with Crippen LogP contribution < -0.4 is 4.74 Å². The highest BCUT2D eigenvalue weighted by Gasteiger charge is 2.54. The summed E-state index contributed by atoms with van der Waals surface area (Å²) in [4.78, 5) is 4.13. The fourth-order valence-corrected chi connectivity index (χ4v) is 5.40. The van der Waals surface area contributed by atoms with Gasteiger partial charge in [0.2, 0.25) is 0 Å². The van der Waals surface area contributed by atoms with Gasteiger partial charge in [-0.25, -0.2) is 0 Å². The van der Waals surface area contributed by atoms with E-state index in [1.807, 2.05) is 24.4 Å². The summed E-state index contributed by atoms with van der Waals surface area (Å²) in [6.07, 6.45) is 6.70. The number of aliphatic hydroxyl groups excluding tert-OH is 1. The van der Waals surface area contributed by atoms with Crippen LogP contribution >= 0.6 is 0 Å². The average molecular weight is 392 g/mol. The highest BCUT2D eigenvalue weighted by atomic mass is 16.5. The van der Waals surface area contributed by atoms with Crippen LogP contribution in [0.1, 0.15) is 56.2 Å². The van der Waals surface area contributed by atoms with E-state index in [0.29, 0.717) is 25.4 Å². The molecule has 1 aromatic heterocycles. The van der Waals surface area contributed by atoms with Gasteiger partial charge in [0.1, 0.15) is 12.4 Å². The van der Waals surface area contributed by atoms with Crippen molar-refractivity contribution < 1.29 is 14.9 Å². The minimum atomic E-state index is -1.29. The quantitative estimate of drug-likeness (QED) is 0.779. The van der Waals surface area contributed by atoms with E-state index < -0.39 is 11.7 Å². The Morgan fingerprint density at radius 3 is 2.86 bits per heavy atom. The summed E-state index contributed by atoms with van der Waals surface area (Å²) in [5, 5.41) is 21.7. The normalized spacial score (nSPS) is 30.5. The van der Waals surface area contributed by atoms with Gasteiger partial charge in [-0.15, -0.1) is 5.92 Å². The molecule has 2 aliphatic carbocycles. The second-order valence-corrected chi connectivity index (χ2v) is 8.44. The lowest BCUT2D eigenvalue weighted by Gasteiger charge is -2.53. The van der Waals surface area contributed by atoms with Gasteiger partial charge in [-0.1, -0.05) is 25.0 Å². The average Bonchev–Trinajstić information content (AvgIpc) is 2.74. The zero-order valence-corrected chi connectivity index (χ0v) is 17.2. The Hall–Kier alpha value is -2.35. The predicted molar refractivity (Wildman–Crippen MR) is 112 cm³/mol. The van der Waals surface area contributed by atoms with Crippen molar-refractivity contribution in [2.45, 2.75) is 69.7 Å². The number of hydrogen-bond donors (Lipinski definition) is 2. The molecular weight excluding hydrogens is 362 g/mol. The Morgan fingerprint density at radius 1 is 1.28 bits per heavy atom. The highest BCUT2D eigenvalue weighted by Crippen LogP contribution is 2.54. The van der Waals surface area contributed by atoms with Gasteiger partial charge in [0.15, 0.2) is 5.60 Å². The molecule has 1 heterocycles. The first-order valence-electron chi connectivity index (χ1n) is 10.5. The summed E-state index contributed by atoms with van der Waals surface area (Å²) in [6.45, 7) is 4.41. The van der Waals surface area contributed by atoms with Gasteiger partial charge in [-0.05, 0) is 74.3 Å². The van der Waals surface area contributed by atoms with E-state index >= 15 is 0 Å². The van der Waals surface area contributed by atoms with Gasteiger partial charge in [0, 0.05) is 23.4 Å². The van der Waals surface area contributed by atoms with Crippen molar-refractivity contribution in [3.63, 3.8) is 0 Å². The second kappa shape index (κ2) is 7.82. The molecule has 152 valence electrons. The second-order valence-electron chi connectivity index (χ2n) is 8.44. The third-order valence-corrected chi connectivity index (χ3v) is 6.92. The van der Waals surface area contributed by atoms with Crippen molar-refractivity contribution in [1.82, 2.24) is 4.98 Å². The fourth-order valence-electron chi connectivity index (χ4n) is 5.40. The smallest absolute Gasteiger partial charge is 0.151 e. The Kier molecular flexibility index (Phi) is 5.38. The van der Waals surface area contributed by atoms with Crippen LogP contribution in [-0.2, 0) is 18.4 Å². The Labute approximate surface area is 173 Å². The molecule has 0 radical (unpaired) electrons. The number of benzene rings is 1. The molecule has 4 nitrogen and oxygen atoms in total. The number of aromatic nitrogens is 1. The van der Waals surface area contributed by atoms with E-state index in [0.717, 1.165) is 30.6 Å². The molecule has 4 heteroatoms. The molecule has 29 heavy (non-hydrogen) atoms.